The first-order valence-electron chi connectivity index (χ1n) is 7.81. The molecule has 26 heavy (non-hydrogen) atoms. The van der Waals surface area contributed by atoms with Crippen molar-refractivity contribution in [1.82, 2.24) is 19.7 Å². The first-order chi connectivity index (χ1) is 12.4. The van der Waals surface area contributed by atoms with Gasteiger partial charge in [-0.1, -0.05) is 0 Å². The van der Waals surface area contributed by atoms with E-state index in [-0.39, 0.29) is 5.56 Å². The Morgan fingerprint density at radius 3 is 2.62 bits per heavy atom. The highest BCUT2D eigenvalue weighted by molar-refractivity contribution is 7.13. The number of nitrogens with one attached hydrogen (secondary N) is 1. The number of rotatable bonds is 5. The van der Waals surface area contributed by atoms with E-state index in [1.807, 2.05) is 32.2 Å². The standard InChI is InChI=1S/C17H17N5O3S/c1-10-6-12(3)22(21-10)14-5-4-13(7-18-14)16(24)25-8-15(23)20-17-19-11(2)9-26-17/h4-7,9H,8H2,1-3H3,(H,19,20,23). The van der Waals surface area contributed by atoms with Crippen molar-refractivity contribution in [2.75, 3.05) is 11.9 Å². The molecule has 0 aliphatic rings. The van der Waals surface area contributed by atoms with Gasteiger partial charge in [-0.25, -0.2) is 19.4 Å². The van der Waals surface area contributed by atoms with Gasteiger partial charge < -0.3 is 4.74 Å². The van der Waals surface area contributed by atoms with Crippen molar-refractivity contribution in [3.05, 3.63) is 52.4 Å². The van der Waals surface area contributed by atoms with E-state index in [2.05, 4.69) is 20.4 Å². The van der Waals surface area contributed by atoms with Crippen molar-refractivity contribution in [2.24, 2.45) is 0 Å². The van der Waals surface area contributed by atoms with Crippen molar-refractivity contribution < 1.29 is 14.3 Å². The van der Waals surface area contributed by atoms with Crippen LogP contribution in [0.15, 0.2) is 29.8 Å². The molecule has 0 aliphatic carbocycles. The minimum Gasteiger partial charge on any atom is -0.452 e. The van der Waals surface area contributed by atoms with Gasteiger partial charge in [-0.3, -0.25) is 10.1 Å². The zero-order valence-electron chi connectivity index (χ0n) is 14.5. The number of hydrogen-bond acceptors (Lipinski definition) is 7. The zero-order chi connectivity index (χ0) is 18.7. The van der Waals surface area contributed by atoms with Crippen LogP contribution in [0, 0.1) is 20.8 Å². The fourth-order valence-corrected chi connectivity index (χ4v) is 2.98. The van der Waals surface area contributed by atoms with Gasteiger partial charge in [0.05, 0.1) is 17.0 Å². The second-order valence-corrected chi connectivity index (χ2v) is 6.52. The minimum absolute atomic E-state index is 0.258. The Morgan fingerprint density at radius 1 is 1.23 bits per heavy atom. The molecule has 0 atom stereocenters. The normalized spacial score (nSPS) is 10.6. The van der Waals surface area contributed by atoms with Crippen LogP contribution in [0.5, 0.6) is 0 Å². The molecule has 0 radical (unpaired) electrons. The van der Waals surface area contributed by atoms with Crippen LogP contribution in [-0.4, -0.2) is 38.2 Å². The van der Waals surface area contributed by atoms with Crippen LogP contribution in [-0.2, 0) is 9.53 Å². The first kappa shape index (κ1) is 17.7. The van der Waals surface area contributed by atoms with Crippen molar-refractivity contribution in [3.63, 3.8) is 0 Å². The number of carbonyl (C=O) groups excluding carboxylic acids is 2. The lowest BCUT2D eigenvalue weighted by molar-refractivity contribution is -0.119. The first-order valence-corrected chi connectivity index (χ1v) is 8.69. The van der Waals surface area contributed by atoms with Gasteiger partial charge in [-0.05, 0) is 39.0 Å². The van der Waals surface area contributed by atoms with Gasteiger partial charge >= 0.3 is 5.97 Å². The molecule has 0 aliphatic heterocycles. The summed E-state index contributed by atoms with van der Waals surface area (Å²) in [6.45, 7) is 5.26. The predicted octanol–water partition coefficient (Wildman–Crippen LogP) is 2.44. The molecule has 8 nitrogen and oxygen atoms in total. The van der Waals surface area contributed by atoms with E-state index in [4.69, 9.17) is 4.74 Å². The highest BCUT2D eigenvalue weighted by Gasteiger charge is 2.13. The molecule has 9 heteroatoms. The number of ether oxygens (including phenoxy) is 1. The summed E-state index contributed by atoms with van der Waals surface area (Å²) in [5.41, 5.74) is 2.90. The van der Waals surface area contributed by atoms with Crippen molar-refractivity contribution >= 4 is 28.3 Å². The van der Waals surface area contributed by atoms with Crippen LogP contribution in [0.3, 0.4) is 0 Å². The molecule has 0 spiro atoms. The number of aromatic nitrogens is 4. The van der Waals surface area contributed by atoms with Crippen molar-refractivity contribution in [1.29, 1.82) is 0 Å². The summed E-state index contributed by atoms with van der Waals surface area (Å²) >= 11 is 1.31. The molecule has 0 bridgehead atoms. The number of anilines is 1. The SMILES string of the molecule is Cc1csc(NC(=O)COC(=O)c2ccc(-n3nc(C)cc3C)nc2)n1. The Bertz CT molecular complexity index is 946. The van der Waals surface area contributed by atoms with Crippen molar-refractivity contribution in [2.45, 2.75) is 20.8 Å². The number of thiazole rings is 1. The van der Waals surface area contributed by atoms with Crippen LogP contribution in [0.25, 0.3) is 5.82 Å². The zero-order valence-corrected chi connectivity index (χ0v) is 15.3. The smallest absolute Gasteiger partial charge is 0.340 e. The summed E-state index contributed by atoms with van der Waals surface area (Å²) in [7, 11) is 0. The molecular formula is C17H17N5O3S. The molecule has 0 fully saturated rings. The molecule has 134 valence electrons. The number of pyridine rings is 1. The topological polar surface area (TPSA) is 99.0 Å². The van der Waals surface area contributed by atoms with E-state index in [1.54, 1.807) is 16.8 Å². The lowest BCUT2D eigenvalue weighted by Gasteiger charge is -2.06. The number of aryl methyl sites for hydroxylation is 3. The summed E-state index contributed by atoms with van der Waals surface area (Å²) in [6.07, 6.45) is 1.40. The quantitative estimate of drug-likeness (QED) is 0.692. The maximum atomic E-state index is 12.0. The average Bonchev–Trinajstić information content (AvgIpc) is 3.17. The third kappa shape index (κ3) is 4.12. The molecule has 3 rings (SSSR count). The van der Waals surface area contributed by atoms with E-state index in [9.17, 15) is 9.59 Å². The number of esters is 1. The highest BCUT2D eigenvalue weighted by Crippen LogP contribution is 2.14. The number of nitrogens with zero attached hydrogens (tertiary/aromatic N) is 4. The second kappa shape index (κ2) is 7.44. The molecule has 1 amide bonds. The van der Waals surface area contributed by atoms with E-state index in [1.165, 1.54) is 17.5 Å². The van der Waals surface area contributed by atoms with E-state index in [0.717, 1.165) is 17.1 Å². The number of amides is 1. The molecule has 0 saturated carbocycles. The van der Waals surface area contributed by atoms with Gasteiger partial charge in [0.25, 0.3) is 5.91 Å². The molecule has 1 N–H and O–H groups in total. The molecule has 0 unspecified atom stereocenters. The Kier molecular flexibility index (Phi) is 5.08. The summed E-state index contributed by atoms with van der Waals surface area (Å²) in [4.78, 5) is 32.2. The van der Waals surface area contributed by atoms with E-state index >= 15 is 0 Å². The van der Waals surface area contributed by atoms with Crippen LogP contribution in [0.2, 0.25) is 0 Å². The van der Waals surface area contributed by atoms with Gasteiger partial charge in [-0.2, -0.15) is 5.10 Å². The Balaban J connectivity index is 1.58. The fraction of sp³-hybridized carbons (Fsp3) is 0.235. The Morgan fingerprint density at radius 2 is 2.04 bits per heavy atom. The minimum atomic E-state index is -0.622. The van der Waals surface area contributed by atoms with Crippen LogP contribution in [0.1, 0.15) is 27.4 Å². The second-order valence-electron chi connectivity index (χ2n) is 5.66. The maximum absolute atomic E-state index is 12.0. The highest BCUT2D eigenvalue weighted by atomic mass is 32.1. The van der Waals surface area contributed by atoms with Gasteiger partial charge in [0.1, 0.15) is 0 Å². The predicted molar refractivity (Wildman–Crippen MR) is 96.6 cm³/mol. The number of carbonyl (C=O) groups is 2. The number of hydrogen-bond donors (Lipinski definition) is 1. The van der Waals surface area contributed by atoms with E-state index < -0.39 is 18.5 Å². The molecule has 3 aromatic rings. The van der Waals surface area contributed by atoms with Gasteiger partial charge in [0.2, 0.25) is 0 Å². The summed E-state index contributed by atoms with van der Waals surface area (Å²) in [6, 6.07) is 5.20. The fourth-order valence-electron chi connectivity index (χ4n) is 2.27. The lowest BCUT2D eigenvalue weighted by Crippen LogP contribution is -2.21. The van der Waals surface area contributed by atoms with Crippen LogP contribution in [0.4, 0.5) is 5.13 Å². The van der Waals surface area contributed by atoms with Gasteiger partial charge in [0, 0.05) is 17.3 Å². The third-order valence-electron chi connectivity index (χ3n) is 3.41. The van der Waals surface area contributed by atoms with Crippen LogP contribution < -0.4 is 5.32 Å². The molecule has 3 heterocycles. The molecule has 0 saturated heterocycles. The summed E-state index contributed by atoms with van der Waals surface area (Å²) < 4.78 is 6.69. The Hall–Kier alpha value is -3.07. The maximum Gasteiger partial charge on any atom is 0.340 e. The average molecular weight is 371 g/mol. The van der Waals surface area contributed by atoms with Crippen molar-refractivity contribution in [3.8, 4) is 5.82 Å². The molecule has 0 aromatic carbocycles. The van der Waals surface area contributed by atoms with Gasteiger partial charge in [0.15, 0.2) is 17.6 Å². The third-order valence-corrected chi connectivity index (χ3v) is 4.29. The molecular weight excluding hydrogens is 354 g/mol. The molecule has 3 aromatic heterocycles. The largest absolute Gasteiger partial charge is 0.452 e. The van der Waals surface area contributed by atoms with Gasteiger partial charge in [-0.15, -0.1) is 11.3 Å². The summed E-state index contributed by atoms with van der Waals surface area (Å²) in [5, 5.41) is 9.20. The lowest BCUT2D eigenvalue weighted by atomic mass is 10.3. The monoisotopic (exact) mass is 371 g/mol. The summed E-state index contributed by atoms with van der Waals surface area (Å²) in [5.74, 6) is -0.466. The van der Waals surface area contributed by atoms with E-state index in [0.29, 0.717) is 10.9 Å². The Labute approximate surface area is 153 Å². The van der Waals surface area contributed by atoms with Crippen LogP contribution >= 0.6 is 11.3 Å².